The standard InChI is InChI=1S/C12H16ClNO/c1-9-6-10(2-3-12(9)13)7-14-11-4-5-15-8-11/h2-3,6,11,14H,4-5,7-8H2,1H3. The van der Waals surface area contributed by atoms with Gasteiger partial charge in [0.1, 0.15) is 0 Å². The van der Waals surface area contributed by atoms with E-state index in [1.165, 1.54) is 5.56 Å². The number of halogens is 1. The molecule has 1 fully saturated rings. The predicted molar refractivity (Wildman–Crippen MR) is 62.3 cm³/mol. The summed E-state index contributed by atoms with van der Waals surface area (Å²) in [7, 11) is 0. The van der Waals surface area contributed by atoms with Crippen LogP contribution in [0.1, 0.15) is 17.5 Å². The van der Waals surface area contributed by atoms with E-state index in [1.54, 1.807) is 0 Å². The topological polar surface area (TPSA) is 21.3 Å². The average molecular weight is 226 g/mol. The van der Waals surface area contributed by atoms with Gasteiger partial charge in [0.15, 0.2) is 0 Å². The summed E-state index contributed by atoms with van der Waals surface area (Å²) in [5, 5.41) is 4.31. The molecule has 0 aromatic heterocycles. The highest BCUT2D eigenvalue weighted by Gasteiger charge is 2.14. The van der Waals surface area contributed by atoms with Gasteiger partial charge in [0.2, 0.25) is 0 Å². The molecule has 0 radical (unpaired) electrons. The summed E-state index contributed by atoms with van der Waals surface area (Å²) in [6, 6.07) is 6.67. The average Bonchev–Trinajstić information content (AvgIpc) is 2.73. The molecule has 0 amide bonds. The number of hydrogen-bond donors (Lipinski definition) is 1. The van der Waals surface area contributed by atoms with Crippen molar-refractivity contribution in [1.82, 2.24) is 5.32 Å². The van der Waals surface area contributed by atoms with Crippen LogP contribution in [0.2, 0.25) is 5.02 Å². The van der Waals surface area contributed by atoms with Gasteiger partial charge in [-0.05, 0) is 30.5 Å². The number of ether oxygens (including phenoxy) is 1. The highest BCUT2D eigenvalue weighted by molar-refractivity contribution is 6.31. The Morgan fingerprint density at radius 3 is 3.07 bits per heavy atom. The molecule has 0 saturated carbocycles. The molecule has 2 rings (SSSR count). The Morgan fingerprint density at radius 2 is 2.40 bits per heavy atom. The molecule has 1 unspecified atom stereocenters. The Kier molecular flexibility index (Phi) is 3.62. The minimum atomic E-state index is 0.515. The molecule has 3 heteroatoms. The van der Waals surface area contributed by atoms with Gasteiger partial charge < -0.3 is 10.1 Å². The van der Waals surface area contributed by atoms with Crippen molar-refractivity contribution in [2.45, 2.75) is 25.9 Å². The zero-order valence-corrected chi connectivity index (χ0v) is 9.68. The maximum atomic E-state index is 5.97. The molecule has 0 aliphatic carbocycles. The van der Waals surface area contributed by atoms with Gasteiger partial charge in [-0.25, -0.2) is 0 Å². The molecule has 0 bridgehead atoms. The summed E-state index contributed by atoms with van der Waals surface area (Å²) in [5.74, 6) is 0. The van der Waals surface area contributed by atoms with Crippen molar-refractivity contribution in [2.24, 2.45) is 0 Å². The molecule has 2 nitrogen and oxygen atoms in total. The van der Waals surface area contributed by atoms with Crippen LogP contribution in [0.25, 0.3) is 0 Å². The number of benzene rings is 1. The van der Waals surface area contributed by atoms with Gasteiger partial charge in [-0.15, -0.1) is 0 Å². The van der Waals surface area contributed by atoms with Crippen LogP contribution >= 0.6 is 11.6 Å². The van der Waals surface area contributed by atoms with Crippen LogP contribution in [0.15, 0.2) is 18.2 Å². The molecular weight excluding hydrogens is 210 g/mol. The van der Waals surface area contributed by atoms with Crippen molar-refractivity contribution in [3.05, 3.63) is 34.3 Å². The second-order valence-corrected chi connectivity index (χ2v) is 4.43. The molecule has 1 saturated heterocycles. The molecule has 1 heterocycles. The third kappa shape index (κ3) is 2.94. The van der Waals surface area contributed by atoms with Crippen LogP contribution in [0, 0.1) is 6.92 Å². The van der Waals surface area contributed by atoms with Crippen molar-refractivity contribution in [3.63, 3.8) is 0 Å². The Bertz CT molecular complexity index is 334. The fourth-order valence-corrected chi connectivity index (χ4v) is 1.89. The van der Waals surface area contributed by atoms with E-state index in [0.29, 0.717) is 6.04 Å². The number of nitrogens with one attached hydrogen (secondary N) is 1. The number of rotatable bonds is 3. The normalized spacial score (nSPS) is 20.8. The van der Waals surface area contributed by atoms with Crippen molar-refractivity contribution in [3.8, 4) is 0 Å². The minimum absolute atomic E-state index is 0.515. The molecule has 1 N–H and O–H groups in total. The first kappa shape index (κ1) is 10.9. The van der Waals surface area contributed by atoms with E-state index in [-0.39, 0.29) is 0 Å². The molecular formula is C12H16ClNO. The van der Waals surface area contributed by atoms with Gasteiger partial charge >= 0.3 is 0 Å². The van der Waals surface area contributed by atoms with E-state index in [9.17, 15) is 0 Å². The SMILES string of the molecule is Cc1cc(CNC2CCOC2)ccc1Cl. The summed E-state index contributed by atoms with van der Waals surface area (Å²) < 4.78 is 5.30. The second kappa shape index (κ2) is 4.97. The molecule has 0 spiro atoms. The lowest BCUT2D eigenvalue weighted by atomic mass is 10.1. The van der Waals surface area contributed by atoms with E-state index in [1.807, 2.05) is 13.0 Å². The third-order valence-corrected chi connectivity index (χ3v) is 3.17. The van der Waals surface area contributed by atoms with Gasteiger partial charge in [-0.1, -0.05) is 23.7 Å². The Hall–Kier alpha value is -0.570. The summed E-state index contributed by atoms with van der Waals surface area (Å²) >= 11 is 5.97. The van der Waals surface area contributed by atoms with Crippen LogP contribution in [0.5, 0.6) is 0 Å². The quantitative estimate of drug-likeness (QED) is 0.854. The zero-order valence-electron chi connectivity index (χ0n) is 8.92. The Labute approximate surface area is 95.6 Å². The lowest BCUT2D eigenvalue weighted by molar-refractivity contribution is 0.190. The number of aryl methyl sites for hydroxylation is 1. The van der Waals surface area contributed by atoms with Gasteiger partial charge in [0, 0.05) is 24.2 Å². The summed E-state index contributed by atoms with van der Waals surface area (Å²) in [4.78, 5) is 0. The summed E-state index contributed by atoms with van der Waals surface area (Å²) in [6.45, 7) is 4.65. The lowest BCUT2D eigenvalue weighted by Gasteiger charge is -2.11. The lowest BCUT2D eigenvalue weighted by Crippen LogP contribution is -2.28. The Balaban J connectivity index is 1.90. The smallest absolute Gasteiger partial charge is 0.0620 e. The van der Waals surface area contributed by atoms with Crippen molar-refractivity contribution >= 4 is 11.6 Å². The Morgan fingerprint density at radius 1 is 1.53 bits per heavy atom. The van der Waals surface area contributed by atoms with Crippen LogP contribution in [-0.4, -0.2) is 19.3 Å². The molecule has 1 aliphatic rings. The van der Waals surface area contributed by atoms with Gasteiger partial charge in [-0.2, -0.15) is 0 Å². The van der Waals surface area contributed by atoms with Crippen LogP contribution in [-0.2, 0) is 11.3 Å². The molecule has 15 heavy (non-hydrogen) atoms. The van der Waals surface area contributed by atoms with Crippen molar-refractivity contribution in [1.29, 1.82) is 0 Å². The first-order chi connectivity index (χ1) is 7.25. The van der Waals surface area contributed by atoms with E-state index >= 15 is 0 Å². The fraction of sp³-hybridized carbons (Fsp3) is 0.500. The highest BCUT2D eigenvalue weighted by Crippen LogP contribution is 2.16. The maximum absolute atomic E-state index is 5.97. The van der Waals surface area contributed by atoms with Gasteiger partial charge in [-0.3, -0.25) is 0 Å². The van der Waals surface area contributed by atoms with E-state index in [4.69, 9.17) is 16.3 Å². The van der Waals surface area contributed by atoms with Crippen LogP contribution in [0.4, 0.5) is 0 Å². The highest BCUT2D eigenvalue weighted by atomic mass is 35.5. The van der Waals surface area contributed by atoms with Crippen LogP contribution in [0.3, 0.4) is 0 Å². The van der Waals surface area contributed by atoms with E-state index in [0.717, 1.165) is 36.8 Å². The van der Waals surface area contributed by atoms with Crippen LogP contribution < -0.4 is 5.32 Å². The van der Waals surface area contributed by atoms with E-state index in [2.05, 4.69) is 17.4 Å². The molecule has 1 aromatic rings. The number of hydrogen-bond acceptors (Lipinski definition) is 2. The first-order valence-corrected chi connectivity index (χ1v) is 5.69. The maximum Gasteiger partial charge on any atom is 0.0620 e. The zero-order chi connectivity index (χ0) is 10.7. The van der Waals surface area contributed by atoms with Crippen molar-refractivity contribution in [2.75, 3.05) is 13.2 Å². The molecule has 1 aliphatic heterocycles. The van der Waals surface area contributed by atoms with Gasteiger partial charge in [0.05, 0.1) is 6.61 Å². The fourth-order valence-electron chi connectivity index (χ4n) is 1.77. The predicted octanol–water partition coefficient (Wildman–Crippen LogP) is 2.53. The molecule has 1 atom stereocenters. The van der Waals surface area contributed by atoms with Gasteiger partial charge in [0.25, 0.3) is 0 Å². The monoisotopic (exact) mass is 225 g/mol. The summed E-state index contributed by atoms with van der Waals surface area (Å²) in [5.41, 5.74) is 2.42. The molecule has 82 valence electrons. The molecule has 1 aromatic carbocycles. The van der Waals surface area contributed by atoms with Crippen molar-refractivity contribution < 1.29 is 4.74 Å². The second-order valence-electron chi connectivity index (χ2n) is 4.02. The summed E-state index contributed by atoms with van der Waals surface area (Å²) in [6.07, 6.45) is 1.12. The first-order valence-electron chi connectivity index (χ1n) is 5.32. The van der Waals surface area contributed by atoms with E-state index < -0.39 is 0 Å². The minimum Gasteiger partial charge on any atom is -0.380 e. The largest absolute Gasteiger partial charge is 0.380 e. The third-order valence-electron chi connectivity index (χ3n) is 2.75.